The lowest BCUT2D eigenvalue weighted by Crippen LogP contribution is -2.31. The fourth-order valence-corrected chi connectivity index (χ4v) is 3.29. The standard InChI is InChI=1S/C20H20N4O2/c1-26-20(25)24-11-9-17(13-24)22-19-21-10-8-18(23-19)16-7-6-14-4-2-3-5-15(14)12-16/h2-8,10,12,17H,9,11,13H2,1H3,(H,21,22,23)/t17-/m0/s1. The van der Waals surface area contributed by atoms with Gasteiger partial charge in [-0.05, 0) is 29.3 Å². The summed E-state index contributed by atoms with van der Waals surface area (Å²) in [5.74, 6) is 0.576. The van der Waals surface area contributed by atoms with Crippen molar-refractivity contribution in [1.29, 1.82) is 0 Å². The van der Waals surface area contributed by atoms with Gasteiger partial charge in [0.05, 0.1) is 12.8 Å². The Labute approximate surface area is 151 Å². The molecule has 6 heteroatoms. The van der Waals surface area contributed by atoms with Crippen LogP contribution in [0.15, 0.2) is 54.7 Å². The average Bonchev–Trinajstić information content (AvgIpc) is 3.15. The molecule has 0 radical (unpaired) electrons. The number of anilines is 1. The molecule has 1 aliphatic rings. The number of methoxy groups -OCH3 is 1. The summed E-state index contributed by atoms with van der Waals surface area (Å²) in [4.78, 5) is 22.3. The summed E-state index contributed by atoms with van der Waals surface area (Å²) < 4.78 is 4.77. The van der Waals surface area contributed by atoms with E-state index in [1.165, 1.54) is 17.9 Å². The predicted molar refractivity (Wildman–Crippen MR) is 101 cm³/mol. The van der Waals surface area contributed by atoms with E-state index < -0.39 is 0 Å². The Morgan fingerprint density at radius 3 is 2.88 bits per heavy atom. The summed E-state index contributed by atoms with van der Waals surface area (Å²) in [7, 11) is 1.40. The molecule has 1 atom stereocenters. The summed E-state index contributed by atoms with van der Waals surface area (Å²) in [6.07, 6.45) is 2.31. The molecule has 0 unspecified atom stereocenters. The van der Waals surface area contributed by atoms with E-state index in [4.69, 9.17) is 4.74 Å². The SMILES string of the molecule is COC(=O)N1CC[C@H](Nc2nccc(-c3ccc4ccccc4c3)n2)C1. The van der Waals surface area contributed by atoms with Crippen molar-refractivity contribution in [2.45, 2.75) is 12.5 Å². The van der Waals surface area contributed by atoms with Crippen molar-refractivity contribution in [3.8, 4) is 11.3 Å². The molecule has 26 heavy (non-hydrogen) atoms. The first-order valence-corrected chi connectivity index (χ1v) is 8.64. The third kappa shape index (κ3) is 3.31. The molecule has 1 aromatic heterocycles. The fraction of sp³-hybridized carbons (Fsp3) is 0.250. The number of carbonyl (C=O) groups is 1. The van der Waals surface area contributed by atoms with Gasteiger partial charge in [0.15, 0.2) is 0 Å². The van der Waals surface area contributed by atoms with E-state index in [-0.39, 0.29) is 12.1 Å². The molecule has 0 bridgehead atoms. The number of benzene rings is 2. The van der Waals surface area contributed by atoms with Crippen LogP contribution in [0.5, 0.6) is 0 Å². The number of hydrogen-bond donors (Lipinski definition) is 1. The molecule has 6 nitrogen and oxygen atoms in total. The zero-order valence-corrected chi connectivity index (χ0v) is 14.6. The van der Waals surface area contributed by atoms with E-state index in [2.05, 4.69) is 45.6 Å². The lowest BCUT2D eigenvalue weighted by Gasteiger charge is -2.15. The topological polar surface area (TPSA) is 67.3 Å². The van der Waals surface area contributed by atoms with Gasteiger partial charge in [-0.3, -0.25) is 0 Å². The maximum absolute atomic E-state index is 11.6. The molecule has 1 saturated heterocycles. The van der Waals surface area contributed by atoms with Crippen LogP contribution in [-0.4, -0.2) is 47.2 Å². The van der Waals surface area contributed by atoms with Crippen LogP contribution >= 0.6 is 0 Å². The number of ether oxygens (including phenoxy) is 1. The molecule has 1 aliphatic heterocycles. The molecule has 1 amide bonds. The first kappa shape index (κ1) is 16.3. The Kier molecular flexibility index (Phi) is 4.39. The molecule has 0 aliphatic carbocycles. The van der Waals surface area contributed by atoms with Gasteiger partial charge in [-0.1, -0.05) is 36.4 Å². The van der Waals surface area contributed by atoms with Crippen molar-refractivity contribution in [3.63, 3.8) is 0 Å². The lowest BCUT2D eigenvalue weighted by molar-refractivity contribution is 0.132. The number of rotatable bonds is 3. The zero-order valence-electron chi connectivity index (χ0n) is 14.6. The number of aromatic nitrogens is 2. The largest absolute Gasteiger partial charge is 0.453 e. The molecule has 4 rings (SSSR count). The molecule has 0 spiro atoms. The number of hydrogen-bond acceptors (Lipinski definition) is 5. The Morgan fingerprint density at radius 2 is 2.04 bits per heavy atom. The summed E-state index contributed by atoms with van der Waals surface area (Å²) in [6.45, 7) is 1.27. The predicted octanol–water partition coefficient (Wildman–Crippen LogP) is 3.55. The zero-order chi connectivity index (χ0) is 17.9. The molecule has 0 saturated carbocycles. The maximum Gasteiger partial charge on any atom is 0.409 e. The van der Waals surface area contributed by atoms with Crippen LogP contribution in [-0.2, 0) is 4.74 Å². The van der Waals surface area contributed by atoms with Crippen LogP contribution in [0.4, 0.5) is 10.7 Å². The lowest BCUT2D eigenvalue weighted by atomic mass is 10.1. The number of amides is 1. The van der Waals surface area contributed by atoms with E-state index in [1.54, 1.807) is 11.1 Å². The highest BCUT2D eigenvalue weighted by atomic mass is 16.5. The smallest absolute Gasteiger partial charge is 0.409 e. The highest BCUT2D eigenvalue weighted by molar-refractivity contribution is 5.86. The quantitative estimate of drug-likeness (QED) is 0.784. The Morgan fingerprint density at radius 1 is 1.19 bits per heavy atom. The second-order valence-electron chi connectivity index (χ2n) is 6.37. The molecular formula is C20H20N4O2. The summed E-state index contributed by atoms with van der Waals surface area (Å²) in [6, 6.07) is 16.6. The summed E-state index contributed by atoms with van der Waals surface area (Å²) >= 11 is 0. The maximum atomic E-state index is 11.6. The number of nitrogens with one attached hydrogen (secondary N) is 1. The number of fused-ring (bicyclic) bond motifs is 1. The molecule has 1 N–H and O–H groups in total. The number of nitrogens with zero attached hydrogens (tertiary/aromatic N) is 3. The Bertz CT molecular complexity index is 944. The molecule has 3 aromatic rings. The van der Waals surface area contributed by atoms with Crippen LogP contribution in [0.2, 0.25) is 0 Å². The minimum atomic E-state index is -0.292. The highest BCUT2D eigenvalue weighted by Gasteiger charge is 2.27. The van der Waals surface area contributed by atoms with Gasteiger partial charge in [0.1, 0.15) is 0 Å². The minimum Gasteiger partial charge on any atom is -0.453 e. The monoisotopic (exact) mass is 348 g/mol. The van der Waals surface area contributed by atoms with Crippen molar-refractivity contribution < 1.29 is 9.53 Å². The number of likely N-dealkylation sites (tertiary alicyclic amines) is 1. The van der Waals surface area contributed by atoms with Gasteiger partial charge in [-0.25, -0.2) is 14.8 Å². The van der Waals surface area contributed by atoms with E-state index in [0.717, 1.165) is 17.7 Å². The highest BCUT2D eigenvalue weighted by Crippen LogP contribution is 2.24. The van der Waals surface area contributed by atoms with Crippen molar-refractivity contribution in [3.05, 3.63) is 54.7 Å². The molecule has 1 fully saturated rings. The van der Waals surface area contributed by atoms with E-state index in [9.17, 15) is 4.79 Å². The number of carbonyl (C=O) groups excluding carboxylic acids is 1. The van der Waals surface area contributed by atoms with E-state index >= 15 is 0 Å². The molecule has 2 heterocycles. The van der Waals surface area contributed by atoms with Gasteiger partial charge in [0.25, 0.3) is 0 Å². The van der Waals surface area contributed by atoms with Gasteiger partial charge < -0.3 is 15.0 Å². The second kappa shape index (κ2) is 7.00. The van der Waals surface area contributed by atoms with Crippen LogP contribution in [0, 0.1) is 0 Å². The first-order chi connectivity index (χ1) is 12.7. The van der Waals surface area contributed by atoms with Crippen molar-refractivity contribution in [2.75, 3.05) is 25.5 Å². The normalized spacial score (nSPS) is 16.7. The van der Waals surface area contributed by atoms with Crippen LogP contribution < -0.4 is 5.32 Å². The van der Waals surface area contributed by atoms with Gasteiger partial charge >= 0.3 is 6.09 Å². The fourth-order valence-electron chi connectivity index (χ4n) is 3.29. The summed E-state index contributed by atoms with van der Waals surface area (Å²) in [5, 5.41) is 5.71. The van der Waals surface area contributed by atoms with Crippen molar-refractivity contribution >= 4 is 22.8 Å². The molecule has 132 valence electrons. The minimum absolute atomic E-state index is 0.126. The van der Waals surface area contributed by atoms with Gasteiger partial charge in [-0.2, -0.15) is 0 Å². The van der Waals surface area contributed by atoms with Gasteiger partial charge in [0, 0.05) is 30.9 Å². The first-order valence-electron chi connectivity index (χ1n) is 8.64. The second-order valence-corrected chi connectivity index (χ2v) is 6.37. The van der Waals surface area contributed by atoms with Crippen LogP contribution in [0.25, 0.3) is 22.0 Å². The average molecular weight is 348 g/mol. The third-order valence-electron chi connectivity index (χ3n) is 4.66. The molecule has 2 aromatic carbocycles. The van der Waals surface area contributed by atoms with Crippen LogP contribution in [0.3, 0.4) is 0 Å². The van der Waals surface area contributed by atoms with Crippen LogP contribution in [0.1, 0.15) is 6.42 Å². The van der Waals surface area contributed by atoms with Crippen molar-refractivity contribution in [1.82, 2.24) is 14.9 Å². The Hall–Kier alpha value is -3.15. The summed E-state index contributed by atoms with van der Waals surface area (Å²) in [5.41, 5.74) is 1.92. The Balaban J connectivity index is 1.52. The third-order valence-corrected chi connectivity index (χ3v) is 4.66. The van der Waals surface area contributed by atoms with Crippen molar-refractivity contribution in [2.24, 2.45) is 0 Å². The van der Waals surface area contributed by atoms with E-state index in [1.807, 2.05) is 18.2 Å². The van der Waals surface area contributed by atoms with Gasteiger partial charge in [0.2, 0.25) is 5.95 Å². The molecular weight excluding hydrogens is 328 g/mol. The van der Waals surface area contributed by atoms with E-state index in [0.29, 0.717) is 19.0 Å². The van der Waals surface area contributed by atoms with Gasteiger partial charge in [-0.15, -0.1) is 0 Å².